The van der Waals surface area contributed by atoms with Crippen LogP contribution in [0.4, 0.5) is 0 Å². The minimum atomic E-state index is 0. The Morgan fingerprint density at radius 3 is 2.75 bits per heavy atom. The molecular formula is C16H22Cl3N3OS. The van der Waals surface area contributed by atoms with Crippen molar-refractivity contribution in [1.82, 2.24) is 15.1 Å². The Morgan fingerprint density at radius 2 is 2.00 bits per heavy atom. The van der Waals surface area contributed by atoms with Gasteiger partial charge in [-0.15, -0.1) is 24.2 Å². The lowest BCUT2D eigenvalue weighted by molar-refractivity contribution is -0.127. The fourth-order valence-electron chi connectivity index (χ4n) is 3.13. The zero-order chi connectivity index (χ0) is 16.2. The van der Waals surface area contributed by atoms with Crippen LogP contribution < -0.4 is 5.32 Å². The molecule has 8 heteroatoms. The standard InChI is InChI=1S/C16H21Cl2N3OS.ClH/c17-12-1-2-14(18)15(9-12)23-11-16(22)21-6-3-13(10-21)20-7-4-19-5-8-20;/h1-2,9,13,19H,3-8,10-11H2;1H. The summed E-state index contributed by atoms with van der Waals surface area (Å²) < 4.78 is 0. The van der Waals surface area contributed by atoms with Gasteiger partial charge in [0.2, 0.25) is 5.91 Å². The number of hydrogen-bond acceptors (Lipinski definition) is 4. The molecule has 1 atom stereocenters. The van der Waals surface area contributed by atoms with Gasteiger partial charge in [-0.05, 0) is 24.6 Å². The van der Waals surface area contributed by atoms with Crippen molar-refractivity contribution < 1.29 is 4.79 Å². The van der Waals surface area contributed by atoms with Crippen molar-refractivity contribution in [3.8, 4) is 0 Å². The van der Waals surface area contributed by atoms with Gasteiger partial charge in [-0.3, -0.25) is 9.69 Å². The molecule has 1 amide bonds. The van der Waals surface area contributed by atoms with E-state index in [-0.39, 0.29) is 18.3 Å². The molecule has 2 aliphatic rings. The van der Waals surface area contributed by atoms with Crippen molar-refractivity contribution in [3.05, 3.63) is 28.2 Å². The molecule has 1 unspecified atom stereocenters. The minimum absolute atomic E-state index is 0. The molecule has 4 nitrogen and oxygen atoms in total. The highest BCUT2D eigenvalue weighted by Crippen LogP contribution is 2.30. The Kier molecular flexibility index (Phi) is 7.98. The highest BCUT2D eigenvalue weighted by atomic mass is 35.5. The Hall–Kier alpha value is -0.170. The molecule has 2 heterocycles. The third-order valence-corrected chi connectivity index (χ3v) is 6.15. The largest absolute Gasteiger partial charge is 0.340 e. The van der Waals surface area contributed by atoms with Crippen LogP contribution in [0.1, 0.15) is 6.42 Å². The first kappa shape index (κ1) is 20.1. The Bertz CT molecular complexity index is 569. The number of piperazine rings is 1. The Labute approximate surface area is 163 Å². The molecule has 0 saturated carbocycles. The van der Waals surface area contributed by atoms with Crippen LogP contribution in [0, 0.1) is 0 Å². The number of nitrogens with zero attached hydrogens (tertiary/aromatic N) is 2. The number of carbonyl (C=O) groups is 1. The first-order chi connectivity index (χ1) is 11.1. The smallest absolute Gasteiger partial charge is 0.232 e. The lowest BCUT2D eigenvalue weighted by Gasteiger charge is -2.32. The molecule has 2 saturated heterocycles. The van der Waals surface area contributed by atoms with Crippen LogP contribution in [0.25, 0.3) is 0 Å². The van der Waals surface area contributed by atoms with Crippen molar-refractivity contribution in [2.45, 2.75) is 17.4 Å². The number of hydrogen-bond donors (Lipinski definition) is 1. The van der Waals surface area contributed by atoms with Crippen LogP contribution in [0.5, 0.6) is 0 Å². The predicted molar refractivity (Wildman–Crippen MR) is 104 cm³/mol. The first-order valence-electron chi connectivity index (χ1n) is 7.94. The quantitative estimate of drug-likeness (QED) is 0.774. The van der Waals surface area contributed by atoms with E-state index in [4.69, 9.17) is 23.2 Å². The van der Waals surface area contributed by atoms with Crippen LogP contribution >= 0.6 is 47.4 Å². The summed E-state index contributed by atoms with van der Waals surface area (Å²) in [5.74, 6) is 0.595. The molecule has 0 aromatic heterocycles. The van der Waals surface area contributed by atoms with Gasteiger partial charge in [0, 0.05) is 55.2 Å². The molecule has 3 rings (SSSR count). The Balaban J connectivity index is 0.00000208. The third kappa shape index (κ3) is 5.16. The molecule has 0 aliphatic carbocycles. The minimum Gasteiger partial charge on any atom is -0.340 e. The van der Waals surface area contributed by atoms with Gasteiger partial charge in [-0.1, -0.05) is 23.2 Å². The molecule has 134 valence electrons. The van der Waals surface area contributed by atoms with Gasteiger partial charge in [0.1, 0.15) is 0 Å². The summed E-state index contributed by atoms with van der Waals surface area (Å²) in [4.78, 5) is 17.8. The fourth-order valence-corrected chi connectivity index (χ4v) is 4.53. The third-order valence-electron chi connectivity index (χ3n) is 4.43. The number of benzene rings is 1. The molecule has 1 aromatic rings. The summed E-state index contributed by atoms with van der Waals surface area (Å²) in [5.41, 5.74) is 0. The number of carbonyl (C=O) groups excluding carboxylic acids is 1. The van der Waals surface area contributed by atoms with E-state index in [9.17, 15) is 4.79 Å². The summed E-state index contributed by atoms with van der Waals surface area (Å²) in [5, 5.41) is 4.66. The van der Waals surface area contributed by atoms with Crippen molar-refractivity contribution in [3.63, 3.8) is 0 Å². The SMILES string of the molecule is Cl.O=C(CSc1cc(Cl)ccc1Cl)N1CCC(N2CCNCC2)C1. The maximum absolute atomic E-state index is 12.4. The highest BCUT2D eigenvalue weighted by molar-refractivity contribution is 8.00. The topological polar surface area (TPSA) is 35.6 Å². The molecule has 0 spiro atoms. The molecule has 0 radical (unpaired) electrons. The number of thioether (sulfide) groups is 1. The molecule has 0 bridgehead atoms. The van der Waals surface area contributed by atoms with E-state index < -0.39 is 0 Å². The predicted octanol–water partition coefficient (Wildman–Crippen LogP) is 3.01. The van der Waals surface area contributed by atoms with E-state index in [1.54, 1.807) is 12.1 Å². The summed E-state index contributed by atoms with van der Waals surface area (Å²) in [6.45, 7) is 5.97. The van der Waals surface area contributed by atoms with Crippen LogP contribution in [0.2, 0.25) is 10.0 Å². The monoisotopic (exact) mass is 409 g/mol. The van der Waals surface area contributed by atoms with Gasteiger partial charge in [-0.2, -0.15) is 0 Å². The number of nitrogens with one attached hydrogen (secondary N) is 1. The number of likely N-dealkylation sites (tertiary alicyclic amines) is 1. The van der Waals surface area contributed by atoms with E-state index in [1.165, 1.54) is 11.8 Å². The molecule has 1 N–H and O–H groups in total. The highest BCUT2D eigenvalue weighted by Gasteiger charge is 2.30. The van der Waals surface area contributed by atoms with Gasteiger partial charge >= 0.3 is 0 Å². The summed E-state index contributed by atoms with van der Waals surface area (Å²) in [6, 6.07) is 5.86. The van der Waals surface area contributed by atoms with E-state index in [0.717, 1.165) is 50.6 Å². The van der Waals surface area contributed by atoms with E-state index in [0.29, 0.717) is 21.8 Å². The second-order valence-electron chi connectivity index (χ2n) is 5.93. The number of amides is 1. The average Bonchev–Trinajstić information content (AvgIpc) is 3.06. The van der Waals surface area contributed by atoms with E-state index in [2.05, 4.69) is 10.2 Å². The van der Waals surface area contributed by atoms with Crippen molar-refractivity contribution in [2.75, 3.05) is 45.0 Å². The number of halogens is 3. The van der Waals surface area contributed by atoms with Crippen molar-refractivity contribution >= 4 is 53.3 Å². The number of rotatable bonds is 4. The lowest BCUT2D eigenvalue weighted by Crippen LogP contribution is -2.49. The molecule has 2 fully saturated rings. The summed E-state index contributed by atoms with van der Waals surface area (Å²) in [6.07, 6.45) is 1.08. The second-order valence-corrected chi connectivity index (χ2v) is 7.79. The van der Waals surface area contributed by atoms with E-state index >= 15 is 0 Å². The van der Waals surface area contributed by atoms with Gasteiger partial charge in [0.15, 0.2) is 0 Å². The first-order valence-corrected chi connectivity index (χ1v) is 9.68. The summed E-state index contributed by atoms with van der Waals surface area (Å²) >= 11 is 13.6. The van der Waals surface area contributed by atoms with E-state index in [1.807, 2.05) is 11.0 Å². The maximum atomic E-state index is 12.4. The second kappa shape index (κ2) is 9.51. The van der Waals surface area contributed by atoms with Crippen LogP contribution in [0.15, 0.2) is 23.1 Å². The van der Waals surface area contributed by atoms with Gasteiger partial charge < -0.3 is 10.2 Å². The van der Waals surface area contributed by atoms with Gasteiger partial charge in [0.05, 0.1) is 10.8 Å². The molecular weight excluding hydrogens is 389 g/mol. The van der Waals surface area contributed by atoms with Gasteiger partial charge in [-0.25, -0.2) is 0 Å². The van der Waals surface area contributed by atoms with Gasteiger partial charge in [0.25, 0.3) is 0 Å². The zero-order valence-corrected chi connectivity index (χ0v) is 16.5. The Morgan fingerprint density at radius 1 is 1.25 bits per heavy atom. The van der Waals surface area contributed by atoms with Crippen molar-refractivity contribution in [1.29, 1.82) is 0 Å². The fraction of sp³-hybridized carbons (Fsp3) is 0.562. The average molecular weight is 411 g/mol. The van der Waals surface area contributed by atoms with Crippen LogP contribution in [0.3, 0.4) is 0 Å². The van der Waals surface area contributed by atoms with Crippen molar-refractivity contribution in [2.24, 2.45) is 0 Å². The van der Waals surface area contributed by atoms with Crippen LogP contribution in [-0.2, 0) is 4.79 Å². The van der Waals surface area contributed by atoms with Crippen LogP contribution in [-0.4, -0.2) is 66.8 Å². The molecule has 24 heavy (non-hydrogen) atoms. The lowest BCUT2D eigenvalue weighted by atomic mass is 10.2. The summed E-state index contributed by atoms with van der Waals surface area (Å²) in [7, 11) is 0. The normalized spacial score (nSPS) is 21.6. The molecule has 1 aromatic carbocycles. The molecule has 2 aliphatic heterocycles. The zero-order valence-electron chi connectivity index (χ0n) is 13.3. The maximum Gasteiger partial charge on any atom is 0.232 e.